The smallest absolute Gasteiger partial charge is 0.253 e. The molecule has 1 amide bonds. The molecule has 1 aliphatic rings. The van der Waals surface area contributed by atoms with E-state index in [4.69, 9.17) is 5.73 Å². The summed E-state index contributed by atoms with van der Waals surface area (Å²) in [7, 11) is 0. The van der Waals surface area contributed by atoms with Crippen LogP contribution >= 0.6 is 15.9 Å². The lowest BCUT2D eigenvalue weighted by Gasteiger charge is -2.35. The van der Waals surface area contributed by atoms with E-state index in [0.29, 0.717) is 23.1 Å². The van der Waals surface area contributed by atoms with Crippen LogP contribution in [0.5, 0.6) is 0 Å². The summed E-state index contributed by atoms with van der Waals surface area (Å²) in [6, 6.07) is 5.68. The van der Waals surface area contributed by atoms with Gasteiger partial charge in [0, 0.05) is 16.2 Å². The summed E-state index contributed by atoms with van der Waals surface area (Å²) in [5, 5.41) is 3.19. The number of nitrogen functional groups attached to an aromatic ring is 1. The van der Waals surface area contributed by atoms with E-state index in [9.17, 15) is 4.79 Å². The van der Waals surface area contributed by atoms with Crippen LogP contribution in [0.25, 0.3) is 0 Å². The molecule has 1 fully saturated rings. The van der Waals surface area contributed by atoms with Crippen molar-refractivity contribution >= 4 is 27.5 Å². The van der Waals surface area contributed by atoms with Crippen LogP contribution in [-0.2, 0) is 0 Å². The fourth-order valence-electron chi connectivity index (χ4n) is 3.12. The number of rotatable bonds is 3. The molecule has 3 nitrogen and oxygen atoms in total. The van der Waals surface area contributed by atoms with Crippen molar-refractivity contribution in [2.24, 2.45) is 11.8 Å². The molecule has 3 N–H and O–H groups in total. The SMILES string of the molecule is CC(C)C1CCCCC1NC(=O)c1ccc(Br)cc1N. The Kier molecular flexibility index (Phi) is 5.08. The number of halogens is 1. The van der Waals surface area contributed by atoms with Gasteiger partial charge in [-0.25, -0.2) is 0 Å². The third-order valence-electron chi connectivity index (χ3n) is 4.25. The molecule has 1 aromatic carbocycles. The normalized spacial score (nSPS) is 22.8. The minimum atomic E-state index is -0.0486. The fraction of sp³-hybridized carbons (Fsp3) is 0.562. The van der Waals surface area contributed by atoms with E-state index >= 15 is 0 Å². The zero-order valence-corrected chi connectivity index (χ0v) is 13.7. The van der Waals surface area contributed by atoms with Crippen LogP contribution in [0.3, 0.4) is 0 Å². The first-order valence-electron chi connectivity index (χ1n) is 7.35. The van der Waals surface area contributed by atoms with Crippen molar-refractivity contribution in [2.75, 3.05) is 5.73 Å². The number of nitrogens with one attached hydrogen (secondary N) is 1. The van der Waals surface area contributed by atoms with Crippen molar-refractivity contribution in [3.8, 4) is 0 Å². The van der Waals surface area contributed by atoms with Crippen molar-refractivity contribution in [3.63, 3.8) is 0 Å². The van der Waals surface area contributed by atoms with Crippen LogP contribution in [0.4, 0.5) is 5.69 Å². The zero-order chi connectivity index (χ0) is 14.7. The van der Waals surface area contributed by atoms with E-state index in [1.807, 2.05) is 6.07 Å². The lowest BCUT2D eigenvalue weighted by molar-refractivity contribution is 0.0890. The Balaban J connectivity index is 2.09. The lowest BCUT2D eigenvalue weighted by atomic mass is 9.78. The molecule has 0 spiro atoms. The first kappa shape index (κ1) is 15.4. The summed E-state index contributed by atoms with van der Waals surface area (Å²) in [5.74, 6) is 1.12. The number of amides is 1. The Labute approximate surface area is 129 Å². The largest absolute Gasteiger partial charge is 0.398 e. The molecule has 0 heterocycles. The maximum atomic E-state index is 12.4. The van der Waals surface area contributed by atoms with Crippen LogP contribution in [-0.4, -0.2) is 11.9 Å². The average molecular weight is 339 g/mol. The van der Waals surface area contributed by atoms with Crippen molar-refractivity contribution in [1.29, 1.82) is 0 Å². The van der Waals surface area contributed by atoms with Gasteiger partial charge in [-0.05, 0) is 42.9 Å². The highest BCUT2D eigenvalue weighted by molar-refractivity contribution is 9.10. The van der Waals surface area contributed by atoms with Crippen molar-refractivity contribution in [2.45, 2.75) is 45.6 Å². The van der Waals surface area contributed by atoms with Crippen molar-refractivity contribution in [3.05, 3.63) is 28.2 Å². The van der Waals surface area contributed by atoms with Gasteiger partial charge in [0.15, 0.2) is 0 Å². The van der Waals surface area contributed by atoms with Gasteiger partial charge in [0.2, 0.25) is 0 Å². The number of anilines is 1. The van der Waals surface area contributed by atoms with E-state index in [0.717, 1.165) is 10.9 Å². The van der Waals surface area contributed by atoms with Crippen LogP contribution in [0, 0.1) is 11.8 Å². The van der Waals surface area contributed by atoms with Gasteiger partial charge in [0.1, 0.15) is 0 Å². The predicted octanol–water partition coefficient (Wildman–Crippen LogP) is 3.98. The molecule has 1 aromatic rings. The van der Waals surface area contributed by atoms with Gasteiger partial charge in [-0.3, -0.25) is 4.79 Å². The number of hydrogen-bond acceptors (Lipinski definition) is 2. The molecule has 0 aliphatic heterocycles. The Hall–Kier alpha value is -1.03. The van der Waals surface area contributed by atoms with E-state index in [1.54, 1.807) is 12.1 Å². The molecule has 1 aliphatic carbocycles. The molecule has 20 heavy (non-hydrogen) atoms. The molecule has 1 saturated carbocycles. The van der Waals surface area contributed by atoms with Gasteiger partial charge in [0.25, 0.3) is 5.91 Å². The van der Waals surface area contributed by atoms with Crippen LogP contribution in [0.2, 0.25) is 0 Å². The van der Waals surface area contributed by atoms with Crippen molar-refractivity contribution < 1.29 is 4.79 Å². The second kappa shape index (κ2) is 6.61. The Morgan fingerprint density at radius 1 is 1.35 bits per heavy atom. The molecule has 110 valence electrons. The second-order valence-corrected chi connectivity index (χ2v) is 6.92. The maximum absolute atomic E-state index is 12.4. The summed E-state index contributed by atoms with van der Waals surface area (Å²) >= 11 is 3.36. The summed E-state index contributed by atoms with van der Waals surface area (Å²) in [6.45, 7) is 4.48. The lowest BCUT2D eigenvalue weighted by Crippen LogP contribution is -2.44. The van der Waals surface area contributed by atoms with E-state index < -0.39 is 0 Å². The number of carbonyl (C=O) groups excluding carboxylic acids is 1. The van der Waals surface area contributed by atoms with E-state index in [-0.39, 0.29) is 11.9 Å². The molecule has 0 bridgehead atoms. The van der Waals surface area contributed by atoms with Gasteiger partial charge in [-0.15, -0.1) is 0 Å². The summed E-state index contributed by atoms with van der Waals surface area (Å²) in [4.78, 5) is 12.4. The third-order valence-corrected chi connectivity index (χ3v) is 4.74. The second-order valence-electron chi connectivity index (χ2n) is 6.00. The van der Waals surface area contributed by atoms with E-state index in [2.05, 4.69) is 35.1 Å². The van der Waals surface area contributed by atoms with Gasteiger partial charge < -0.3 is 11.1 Å². The molecule has 2 atom stereocenters. The first-order chi connectivity index (χ1) is 9.49. The minimum absolute atomic E-state index is 0.0486. The number of hydrogen-bond donors (Lipinski definition) is 2. The number of nitrogens with two attached hydrogens (primary N) is 1. The highest BCUT2D eigenvalue weighted by Crippen LogP contribution is 2.30. The van der Waals surface area contributed by atoms with Gasteiger partial charge >= 0.3 is 0 Å². The molecule has 0 aromatic heterocycles. The summed E-state index contributed by atoms with van der Waals surface area (Å²) in [5.41, 5.74) is 7.02. The molecule has 2 rings (SSSR count). The van der Waals surface area contributed by atoms with Crippen molar-refractivity contribution in [1.82, 2.24) is 5.32 Å². The van der Waals surface area contributed by atoms with Gasteiger partial charge in [-0.2, -0.15) is 0 Å². The summed E-state index contributed by atoms with van der Waals surface area (Å²) in [6.07, 6.45) is 4.75. The van der Waals surface area contributed by atoms with E-state index in [1.165, 1.54) is 19.3 Å². The first-order valence-corrected chi connectivity index (χ1v) is 8.14. The van der Waals surface area contributed by atoms with Gasteiger partial charge in [-0.1, -0.05) is 42.6 Å². The highest BCUT2D eigenvalue weighted by atomic mass is 79.9. The Morgan fingerprint density at radius 2 is 2.05 bits per heavy atom. The molecule has 4 heteroatoms. The monoisotopic (exact) mass is 338 g/mol. The maximum Gasteiger partial charge on any atom is 0.253 e. The summed E-state index contributed by atoms with van der Waals surface area (Å²) < 4.78 is 0.893. The molecular formula is C16H23BrN2O. The molecule has 2 unspecified atom stereocenters. The quantitative estimate of drug-likeness (QED) is 0.819. The predicted molar refractivity (Wildman–Crippen MR) is 86.6 cm³/mol. The number of carbonyl (C=O) groups is 1. The standard InChI is InChI=1S/C16H23BrN2O/c1-10(2)12-5-3-4-6-15(12)19-16(20)13-8-7-11(17)9-14(13)18/h7-10,12,15H,3-6,18H2,1-2H3,(H,19,20). The van der Waals surface area contributed by atoms with Gasteiger partial charge in [0.05, 0.1) is 5.56 Å². The zero-order valence-electron chi connectivity index (χ0n) is 12.2. The average Bonchev–Trinajstić information content (AvgIpc) is 2.38. The topological polar surface area (TPSA) is 55.1 Å². The highest BCUT2D eigenvalue weighted by Gasteiger charge is 2.29. The van der Waals surface area contributed by atoms with Crippen LogP contribution in [0.15, 0.2) is 22.7 Å². The molecular weight excluding hydrogens is 316 g/mol. The molecule has 0 saturated heterocycles. The fourth-order valence-corrected chi connectivity index (χ4v) is 3.50. The molecule has 0 radical (unpaired) electrons. The van der Waals surface area contributed by atoms with Crippen LogP contribution < -0.4 is 11.1 Å². The third kappa shape index (κ3) is 3.54. The Morgan fingerprint density at radius 3 is 2.70 bits per heavy atom. The van der Waals surface area contributed by atoms with Crippen LogP contribution in [0.1, 0.15) is 49.9 Å². The Bertz CT molecular complexity index is 487. The number of benzene rings is 1. The minimum Gasteiger partial charge on any atom is -0.398 e.